The van der Waals surface area contributed by atoms with Gasteiger partial charge in [0.05, 0.1) is 0 Å². The van der Waals surface area contributed by atoms with Crippen molar-refractivity contribution in [1.29, 1.82) is 0 Å². The van der Waals surface area contributed by atoms with E-state index in [1.807, 2.05) is 18.2 Å². The minimum atomic E-state index is 0.144. The van der Waals surface area contributed by atoms with Crippen molar-refractivity contribution in [3.8, 4) is 0 Å². The molecule has 0 aliphatic carbocycles. The van der Waals surface area contributed by atoms with Crippen LogP contribution in [0.25, 0.3) is 0 Å². The van der Waals surface area contributed by atoms with Crippen LogP contribution in [-0.4, -0.2) is 19.7 Å². The van der Waals surface area contributed by atoms with Crippen molar-refractivity contribution < 1.29 is 9.53 Å². The third kappa shape index (κ3) is 1.51. The van der Waals surface area contributed by atoms with Crippen molar-refractivity contribution in [1.82, 2.24) is 0 Å². The number of hydrogen-bond acceptors (Lipinski definition) is 2. The zero-order valence-electron chi connectivity index (χ0n) is 8.19. The fourth-order valence-corrected chi connectivity index (χ4v) is 1.77. The number of ether oxygens (including phenoxy) is 1. The van der Waals surface area contributed by atoms with Crippen molar-refractivity contribution in [2.45, 2.75) is 12.8 Å². The molecule has 0 spiro atoms. The molecule has 2 rings (SSSR count). The van der Waals surface area contributed by atoms with E-state index in [0.29, 0.717) is 13.2 Å². The van der Waals surface area contributed by atoms with Gasteiger partial charge in [-0.1, -0.05) is 18.2 Å². The van der Waals surface area contributed by atoms with Crippen molar-refractivity contribution in [3.05, 3.63) is 29.8 Å². The van der Waals surface area contributed by atoms with Crippen molar-refractivity contribution in [2.24, 2.45) is 0 Å². The quantitative estimate of drug-likeness (QED) is 0.710. The third-order valence-electron chi connectivity index (χ3n) is 2.45. The second-order valence-electron chi connectivity index (χ2n) is 3.37. The summed E-state index contributed by atoms with van der Waals surface area (Å²) in [7, 11) is 1.60. The molecule has 74 valence electrons. The van der Waals surface area contributed by atoms with Gasteiger partial charge in [-0.25, -0.2) is 0 Å². The first kappa shape index (κ1) is 9.21. The van der Waals surface area contributed by atoms with Crippen LogP contribution in [0.3, 0.4) is 0 Å². The smallest absolute Gasteiger partial charge is 0.229 e. The summed E-state index contributed by atoms with van der Waals surface area (Å²) in [6.07, 6.45) is 1.43. The number of hydrogen-bond donors (Lipinski definition) is 0. The zero-order chi connectivity index (χ0) is 9.97. The molecular weight excluding hydrogens is 178 g/mol. The number of rotatable bonds is 2. The van der Waals surface area contributed by atoms with E-state index in [-0.39, 0.29) is 5.91 Å². The molecule has 1 amide bonds. The Labute approximate surface area is 83.3 Å². The number of methoxy groups -OCH3 is 1. The van der Waals surface area contributed by atoms with Gasteiger partial charge in [-0.15, -0.1) is 0 Å². The van der Waals surface area contributed by atoms with Crippen molar-refractivity contribution in [2.75, 3.05) is 18.7 Å². The normalized spacial score (nSPS) is 15.5. The van der Waals surface area contributed by atoms with Crippen LogP contribution in [0.1, 0.15) is 12.0 Å². The van der Waals surface area contributed by atoms with Gasteiger partial charge < -0.3 is 4.74 Å². The van der Waals surface area contributed by atoms with Gasteiger partial charge in [0.25, 0.3) is 0 Å². The van der Waals surface area contributed by atoms with Gasteiger partial charge >= 0.3 is 0 Å². The highest BCUT2D eigenvalue weighted by Gasteiger charge is 2.22. The fourth-order valence-electron chi connectivity index (χ4n) is 1.77. The number of anilines is 1. The zero-order valence-corrected chi connectivity index (χ0v) is 8.19. The molecule has 0 N–H and O–H groups in total. The highest BCUT2D eigenvalue weighted by Crippen LogP contribution is 2.26. The molecule has 1 heterocycles. The Bertz CT molecular complexity index is 349. The van der Waals surface area contributed by atoms with E-state index in [0.717, 1.165) is 12.1 Å². The lowest BCUT2D eigenvalue weighted by Gasteiger charge is -2.28. The maximum Gasteiger partial charge on any atom is 0.229 e. The van der Waals surface area contributed by atoms with Crippen molar-refractivity contribution >= 4 is 11.6 Å². The molecule has 0 aromatic heterocycles. The molecule has 0 saturated carbocycles. The second-order valence-corrected chi connectivity index (χ2v) is 3.37. The predicted molar refractivity (Wildman–Crippen MR) is 54.1 cm³/mol. The average Bonchev–Trinajstić information content (AvgIpc) is 2.23. The van der Waals surface area contributed by atoms with Gasteiger partial charge in [0.15, 0.2) is 0 Å². The first-order chi connectivity index (χ1) is 6.83. The summed E-state index contributed by atoms with van der Waals surface area (Å²) in [4.78, 5) is 13.3. The molecule has 14 heavy (non-hydrogen) atoms. The maximum absolute atomic E-state index is 11.6. The summed E-state index contributed by atoms with van der Waals surface area (Å²) in [5.74, 6) is 0.144. The molecule has 1 aromatic carbocycles. The van der Waals surface area contributed by atoms with Crippen LogP contribution < -0.4 is 4.90 Å². The molecule has 1 aliphatic heterocycles. The number of carbonyl (C=O) groups is 1. The average molecular weight is 191 g/mol. The van der Waals surface area contributed by atoms with E-state index in [1.165, 1.54) is 5.56 Å². The Morgan fingerprint density at radius 3 is 2.93 bits per heavy atom. The Kier molecular flexibility index (Phi) is 2.50. The first-order valence-electron chi connectivity index (χ1n) is 4.70. The molecule has 0 bridgehead atoms. The molecule has 0 radical (unpaired) electrons. The number of amides is 1. The van der Waals surface area contributed by atoms with Crippen LogP contribution in [0.2, 0.25) is 0 Å². The van der Waals surface area contributed by atoms with Crippen molar-refractivity contribution in [3.63, 3.8) is 0 Å². The number of aryl methyl sites for hydroxylation is 1. The predicted octanol–water partition coefficient (Wildman–Crippen LogP) is 1.57. The SMILES string of the molecule is COCN1C(=O)CCc2ccccc21. The Morgan fingerprint density at radius 1 is 1.36 bits per heavy atom. The summed E-state index contributed by atoms with van der Waals surface area (Å²) >= 11 is 0. The highest BCUT2D eigenvalue weighted by molar-refractivity contribution is 5.96. The van der Waals surface area contributed by atoms with E-state index in [9.17, 15) is 4.79 Å². The molecular formula is C11H13NO2. The van der Waals surface area contributed by atoms with Crippen LogP contribution in [0.15, 0.2) is 24.3 Å². The maximum atomic E-state index is 11.6. The molecule has 3 nitrogen and oxygen atoms in total. The lowest BCUT2D eigenvalue weighted by atomic mass is 10.0. The molecule has 3 heteroatoms. The van der Waals surface area contributed by atoms with Gasteiger partial charge in [0, 0.05) is 19.2 Å². The summed E-state index contributed by atoms with van der Waals surface area (Å²) in [6, 6.07) is 7.97. The lowest BCUT2D eigenvalue weighted by Crippen LogP contribution is -2.36. The van der Waals surface area contributed by atoms with Crippen LogP contribution in [-0.2, 0) is 16.0 Å². The Morgan fingerprint density at radius 2 is 2.14 bits per heavy atom. The number of fused-ring (bicyclic) bond motifs is 1. The van der Waals surface area contributed by atoms with Gasteiger partial charge in [-0.3, -0.25) is 9.69 Å². The largest absolute Gasteiger partial charge is 0.364 e. The second kappa shape index (κ2) is 3.80. The minimum absolute atomic E-state index is 0.144. The minimum Gasteiger partial charge on any atom is -0.364 e. The Balaban J connectivity index is 2.36. The summed E-state index contributed by atoms with van der Waals surface area (Å²) in [6.45, 7) is 0.343. The molecule has 1 aromatic rings. The topological polar surface area (TPSA) is 29.5 Å². The summed E-state index contributed by atoms with van der Waals surface area (Å²) in [5.41, 5.74) is 2.22. The summed E-state index contributed by atoms with van der Waals surface area (Å²) in [5, 5.41) is 0. The van der Waals surface area contributed by atoms with Crippen LogP contribution in [0.4, 0.5) is 5.69 Å². The highest BCUT2D eigenvalue weighted by atomic mass is 16.5. The van der Waals surface area contributed by atoms with E-state index in [2.05, 4.69) is 6.07 Å². The first-order valence-corrected chi connectivity index (χ1v) is 4.70. The molecule has 0 atom stereocenters. The third-order valence-corrected chi connectivity index (χ3v) is 2.45. The Hall–Kier alpha value is -1.35. The van der Waals surface area contributed by atoms with Crippen LogP contribution in [0.5, 0.6) is 0 Å². The van der Waals surface area contributed by atoms with Gasteiger partial charge in [0.1, 0.15) is 6.73 Å². The van der Waals surface area contributed by atoms with E-state index < -0.39 is 0 Å². The van der Waals surface area contributed by atoms with Gasteiger partial charge in [-0.05, 0) is 18.1 Å². The number of carbonyl (C=O) groups excluding carboxylic acids is 1. The fraction of sp³-hybridized carbons (Fsp3) is 0.364. The summed E-state index contributed by atoms with van der Waals surface area (Å²) < 4.78 is 5.01. The molecule has 0 saturated heterocycles. The number of para-hydroxylation sites is 1. The van der Waals surface area contributed by atoms with Crippen LogP contribution in [0, 0.1) is 0 Å². The van der Waals surface area contributed by atoms with Gasteiger partial charge in [-0.2, -0.15) is 0 Å². The number of benzene rings is 1. The monoisotopic (exact) mass is 191 g/mol. The van der Waals surface area contributed by atoms with Gasteiger partial charge in [0.2, 0.25) is 5.91 Å². The number of nitrogens with zero attached hydrogens (tertiary/aromatic N) is 1. The van der Waals surface area contributed by atoms with Crippen LogP contribution >= 0.6 is 0 Å². The molecule has 1 aliphatic rings. The standard InChI is InChI=1S/C11H13NO2/c1-14-8-12-10-5-3-2-4-9(10)6-7-11(12)13/h2-5H,6-8H2,1H3. The molecule has 0 fully saturated rings. The van der Waals surface area contributed by atoms with E-state index in [1.54, 1.807) is 12.0 Å². The lowest BCUT2D eigenvalue weighted by molar-refractivity contribution is -0.119. The molecule has 0 unspecified atom stereocenters. The van der Waals surface area contributed by atoms with E-state index >= 15 is 0 Å². The van der Waals surface area contributed by atoms with E-state index in [4.69, 9.17) is 4.74 Å².